The lowest BCUT2D eigenvalue weighted by molar-refractivity contribution is -0.385. The molecule has 104 valence electrons. The number of aromatic nitrogens is 2. The van der Waals surface area contributed by atoms with E-state index in [1.807, 2.05) is 0 Å². The molecule has 0 saturated carbocycles. The largest absolute Gasteiger partial charge is 0.384 e. The topological polar surface area (TPSA) is 137 Å². The monoisotopic (exact) mass is 277 g/mol. The van der Waals surface area contributed by atoms with Gasteiger partial charge in [-0.15, -0.1) is 0 Å². The van der Waals surface area contributed by atoms with Crippen molar-refractivity contribution in [2.75, 3.05) is 5.73 Å². The number of hydrogen-bond donors (Lipinski definition) is 2. The van der Waals surface area contributed by atoms with Crippen molar-refractivity contribution in [2.45, 2.75) is 13.5 Å². The van der Waals surface area contributed by atoms with Crippen LogP contribution in [0, 0.1) is 17.0 Å². The van der Waals surface area contributed by atoms with E-state index in [4.69, 9.17) is 10.3 Å². The summed E-state index contributed by atoms with van der Waals surface area (Å²) in [5.74, 6) is -0.170. The standard InChI is InChI=1S/C11H11N5O4/c1-6-2-7(20-15-6)4-14-11(17)8-3-10(12)13-5-9(8)16(18)19/h2-3,5H,4H2,1H3,(H2,12,13)(H,14,17). The average Bonchev–Trinajstić information content (AvgIpc) is 2.81. The fourth-order valence-corrected chi connectivity index (χ4v) is 1.55. The second-order valence-electron chi connectivity index (χ2n) is 4.00. The highest BCUT2D eigenvalue weighted by Crippen LogP contribution is 2.19. The number of carbonyl (C=O) groups excluding carboxylic acids is 1. The molecule has 2 rings (SSSR count). The molecule has 1 amide bonds. The molecule has 0 bridgehead atoms. The predicted octanol–water partition coefficient (Wildman–Crippen LogP) is 0.798. The molecule has 0 aliphatic heterocycles. The van der Waals surface area contributed by atoms with Gasteiger partial charge in [-0.1, -0.05) is 5.16 Å². The summed E-state index contributed by atoms with van der Waals surface area (Å²) in [6.07, 6.45) is 0.947. The minimum Gasteiger partial charge on any atom is -0.384 e. The molecule has 0 unspecified atom stereocenters. The Morgan fingerprint density at radius 1 is 1.55 bits per heavy atom. The van der Waals surface area contributed by atoms with Crippen LogP contribution < -0.4 is 11.1 Å². The molecule has 9 nitrogen and oxygen atoms in total. The van der Waals surface area contributed by atoms with E-state index >= 15 is 0 Å². The van der Waals surface area contributed by atoms with Gasteiger partial charge in [0.15, 0.2) is 5.76 Å². The fraction of sp³-hybridized carbons (Fsp3) is 0.182. The third-order valence-corrected chi connectivity index (χ3v) is 2.45. The number of nitrogens with zero attached hydrogens (tertiary/aromatic N) is 3. The van der Waals surface area contributed by atoms with E-state index in [1.54, 1.807) is 13.0 Å². The Hall–Kier alpha value is -2.97. The van der Waals surface area contributed by atoms with Crippen LogP contribution in [0.3, 0.4) is 0 Å². The van der Waals surface area contributed by atoms with E-state index in [0.29, 0.717) is 11.5 Å². The van der Waals surface area contributed by atoms with Gasteiger partial charge in [0, 0.05) is 6.07 Å². The van der Waals surface area contributed by atoms with Crippen molar-refractivity contribution in [2.24, 2.45) is 0 Å². The molecule has 2 aromatic heterocycles. The maximum Gasteiger partial charge on any atom is 0.300 e. The Kier molecular flexibility index (Phi) is 3.60. The van der Waals surface area contributed by atoms with Gasteiger partial charge in [-0.3, -0.25) is 14.9 Å². The first-order chi connectivity index (χ1) is 9.47. The van der Waals surface area contributed by atoms with Crippen molar-refractivity contribution in [1.29, 1.82) is 0 Å². The number of aryl methyl sites for hydroxylation is 1. The lowest BCUT2D eigenvalue weighted by atomic mass is 10.2. The molecule has 0 aromatic carbocycles. The van der Waals surface area contributed by atoms with E-state index in [1.165, 1.54) is 0 Å². The molecule has 0 radical (unpaired) electrons. The smallest absolute Gasteiger partial charge is 0.300 e. The molecule has 0 aliphatic rings. The zero-order valence-electron chi connectivity index (χ0n) is 10.5. The van der Waals surface area contributed by atoms with Crippen LogP contribution in [-0.4, -0.2) is 21.0 Å². The van der Waals surface area contributed by atoms with Gasteiger partial charge in [0.1, 0.15) is 17.6 Å². The molecule has 0 fully saturated rings. The summed E-state index contributed by atoms with van der Waals surface area (Å²) >= 11 is 0. The van der Waals surface area contributed by atoms with Crippen molar-refractivity contribution in [3.05, 3.63) is 45.5 Å². The molecule has 0 aliphatic carbocycles. The average molecular weight is 277 g/mol. The Labute approximate surface area is 112 Å². The first kappa shape index (κ1) is 13.5. The van der Waals surface area contributed by atoms with Gasteiger partial charge >= 0.3 is 0 Å². The number of amides is 1. The van der Waals surface area contributed by atoms with Crippen molar-refractivity contribution in [1.82, 2.24) is 15.5 Å². The van der Waals surface area contributed by atoms with E-state index in [9.17, 15) is 14.9 Å². The molecule has 0 saturated heterocycles. The number of nitrogens with one attached hydrogen (secondary N) is 1. The van der Waals surface area contributed by atoms with Crippen LogP contribution >= 0.6 is 0 Å². The van der Waals surface area contributed by atoms with E-state index in [-0.39, 0.29) is 17.9 Å². The molecular formula is C11H11N5O4. The number of anilines is 1. The SMILES string of the molecule is Cc1cc(CNC(=O)c2cc(N)ncc2[N+](=O)[O-])on1. The summed E-state index contributed by atoms with van der Waals surface area (Å²) in [5.41, 5.74) is 5.54. The maximum atomic E-state index is 11.9. The quantitative estimate of drug-likeness (QED) is 0.622. The number of nitrogens with two attached hydrogens (primary N) is 1. The van der Waals surface area contributed by atoms with Crippen molar-refractivity contribution in [3.63, 3.8) is 0 Å². The van der Waals surface area contributed by atoms with Gasteiger partial charge in [-0.25, -0.2) is 4.98 Å². The Morgan fingerprint density at radius 3 is 2.90 bits per heavy atom. The molecule has 0 atom stereocenters. The summed E-state index contributed by atoms with van der Waals surface area (Å²) in [6.45, 7) is 1.81. The van der Waals surface area contributed by atoms with Crippen LogP contribution in [0.2, 0.25) is 0 Å². The number of rotatable bonds is 4. The molecule has 9 heteroatoms. The minimum absolute atomic E-state index is 0.0243. The Bertz CT molecular complexity index is 667. The zero-order valence-corrected chi connectivity index (χ0v) is 10.5. The second-order valence-corrected chi connectivity index (χ2v) is 4.00. The third-order valence-electron chi connectivity index (χ3n) is 2.45. The van der Waals surface area contributed by atoms with E-state index < -0.39 is 16.5 Å². The number of pyridine rings is 1. The van der Waals surface area contributed by atoms with Crippen molar-refractivity contribution >= 4 is 17.4 Å². The van der Waals surface area contributed by atoms with Crippen LogP contribution in [0.4, 0.5) is 11.5 Å². The fourth-order valence-electron chi connectivity index (χ4n) is 1.55. The van der Waals surface area contributed by atoms with Crippen LogP contribution in [-0.2, 0) is 6.54 Å². The van der Waals surface area contributed by atoms with Crippen molar-refractivity contribution in [3.8, 4) is 0 Å². The highest BCUT2D eigenvalue weighted by atomic mass is 16.6. The van der Waals surface area contributed by atoms with Gasteiger partial charge in [0.25, 0.3) is 11.6 Å². The lowest BCUT2D eigenvalue weighted by Gasteiger charge is -2.04. The minimum atomic E-state index is -0.694. The second kappa shape index (κ2) is 5.34. The molecule has 2 aromatic rings. The highest BCUT2D eigenvalue weighted by Gasteiger charge is 2.21. The summed E-state index contributed by atoms with van der Waals surface area (Å²) in [6, 6.07) is 2.80. The summed E-state index contributed by atoms with van der Waals surface area (Å²) in [7, 11) is 0. The highest BCUT2D eigenvalue weighted by molar-refractivity contribution is 5.98. The van der Waals surface area contributed by atoms with Gasteiger partial charge in [0.05, 0.1) is 17.2 Å². The Balaban J connectivity index is 2.16. The van der Waals surface area contributed by atoms with Crippen LogP contribution in [0.5, 0.6) is 0 Å². The summed E-state index contributed by atoms with van der Waals surface area (Å²) < 4.78 is 4.92. The van der Waals surface area contributed by atoms with Crippen molar-refractivity contribution < 1.29 is 14.2 Å². The molecule has 0 spiro atoms. The first-order valence-corrected chi connectivity index (χ1v) is 5.57. The predicted molar refractivity (Wildman–Crippen MR) is 67.7 cm³/mol. The Morgan fingerprint density at radius 2 is 2.30 bits per heavy atom. The number of nitro groups is 1. The normalized spacial score (nSPS) is 10.2. The van der Waals surface area contributed by atoms with Crippen LogP contribution in [0.25, 0.3) is 0 Å². The van der Waals surface area contributed by atoms with Crippen LogP contribution in [0.1, 0.15) is 21.8 Å². The molecule has 3 N–H and O–H groups in total. The van der Waals surface area contributed by atoms with Gasteiger partial charge < -0.3 is 15.6 Å². The molecular weight excluding hydrogens is 266 g/mol. The molecule has 20 heavy (non-hydrogen) atoms. The molecule has 2 heterocycles. The van der Waals surface area contributed by atoms with Gasteiger partial charge in [0.2, 0.25) is 0 Å². The number of carbonyl (C=O) groups is 1. The summed E-state index contributed by atoms with van der Waals surface area (Å²) in [5, 5.41) is 17.0. The van der Waals surface area contributed by atoms with Gasteiger partial charge in [-0.2, -0.15) is 0 Å². The lowest BCUT2D eigenvalue weighted by Crippen LogP contribution is -2.23. The summed E-state index contributed by atoms with van der Waals surface area (Å²) in [4.78, 5) is 25.7. The van der Waals surface area contributed by atoms with E-state index in [2.05, 4.69) is 15.5 Å². The zero-order chi connectivity index (χ0) is 14.7. The first-order valence-electron chi connectivity index (χ1n) is 5.57. The number of nitrogen functional groups attached to an aromatic ring is 1. The number of hydrogen-bond acceptors (Lipinski definition) is 7. The third kappa shape index (κ3) is 2.88. The van der Waals surface area contributed by atoms with E-state index in [0.717, 1.165) is 12.3 Å². The van der Waals surface area contributed by atoms with Crippen LogP contribution in [0.15, 0.2) is 22.9 Å². The van der Waals surface area contributed by atoms with Gasteiger partial charge in [-0.05, 0) is 13.0 Å². The maximum absolute atomic E-state index is 11.9.